The average Bonchev–Trinajstić information content (AvgIpc) is 2.72. The molecule has 9 heteroatoms. The van der Waals surface area contributed by atoms with Gasteiger partial charge in [0.15, 0.2) is 0 Å². The lowest BCUT2D eigenvalue weighted by Crippen LogP contribution is -2.37. The fourth-order valence-corrected chi connectivity index (χ4v) is 2.91. The number of hydrogen-bond donors (Lipinski definition) is 0. The molecule has 28 heavy (non-hydrogen) atoms. The highest BCUT2D eigenvalue weighted by Crippen LogP contribution is 2.27. The SMILES string of the molecule is O=C(OCCOc1ccc(Cl)cc1)c1cc([N+](=O)[O-])ccc1N1CCOCC1. The number of rotatable bonds is 7. The van der Waals surface area contributed by atoms with Crippen molar-refractivity contribution in [3.63, 3.8) is 0 Å². The molecule has 1 aliphatic heterocycles. The number of ether oxygens (including phenoxy) is 3. The van der Waals surface area contributed by atoms with E-state index in [-0.39, 0.29) is 24.5 Å². The van der Waals surface area contributed by atoms with Gasteiger partial charge < -0.3 is 19.1 Å². The van der Waals surface area contributed by atoms with Gasteiger partial charge in [-0.1, -0.05) is 11.6 Å². The Balaban J connectivity index is 1.65. The zero-order valence-electron chi connectivity index (χ0n) is 15.0. The predicted octanol–water partition coefficient (Wildman–Crippen LogP) is 3.32. The van der Waals surface area contributed by atoms with Gasteiger partial charge in [-0.15, -0.1) is 0 Å². The summed E-state index contributed by atoms with van der Waals surface area (Å²) in [5, 5.41) is 11.7. The normalized spacial score (nSPS) is 13.8. The van der Waals surface area contributed by atoms with Crippen LogP contribution in [0.2, 0.25) is 5.02 Å². The van der Waals surface area contributed by atoms with Gasteiger partial charge in [-0.2, -0.15) is 0 Å². The molecule has 0 spiro atoms. The van der Waals surface area contributed by atoms with Crippen LogP contribution in [0.3, 0.4) is 0 Å². The first-order valence-electron chi connectivity index (χ1n) is 8.71. The highest BCUT2D eigenvalue weighted by atomic mass is 35.5. The fourth-order valence-electron chi connectivity index (χ4n) is 2.78. The van der Waals surface area contributed by atoms with Crippen LogP contribution in [0.4, 0.5) is 11.4 Å². The second-order valence-electron chi connectivity index (χ2n) is 6.00. The maximum absolute atomic E-state index is 12.6. The van der Waals surface area contributed by atoms with Crippen molar-refractivity contribution in [1.82, 2.24) is 0 Å². The van der Waals surface area contributed by atoms with Crippen molar-refractivity contribution in [3.8, 4) is 5.75 Å². The number of morpholine rings is 1. The van der Waals surface area contributed by atoms with E-state index >= 15 is 0 Å². The highest BCUT2D eigenvalue weighted by molar-refractivity contribution is 6.30. The summed E-state index contributed by atoms with van der Waals surface area (Å²) in [6.07, 6.45) is 0. The van der Waals surface area contributed by atoms with Gasteiger partial charge in [0.1, 0.15) is 19.0 Å². The standard InChI is InChI=1S/C19H19ClN2O6/c20-14-1-4-16(5-2-14)27-11-12-28-19(23)17-13-15(22(24)25)3-6-18(17)21-7-9-26-10-8-21/h1-6,13H,7-12H2. The number of benzene rings is 2. The van der Waals surface area contributed by atoms with Crippen LogP contribution in [-0.4, -0.2) is 50.4 Å². The fraction of sp³-hybridized carbons (Fsp3) is 0.316. The van der Waals surface area contributed by atoms with Gasteiger partial charge in [0.05, 0.1) is 29.4 Å². The molecule has 0 aromatic heterocycles. The van der Waals surface area contributed by atoms with Crippen LogP contribution in [0.1, 0.15) is 10.4 Å². The van der Waals surface area contributed by atoms with Gasteiger partial charge >= 0.3 is 5.97 Å². The molecule has 1 aliphatic rings. The molecule has 1 saturated heterocycles. The van der Waals surface area contributed by atoms with E-state index in [0.29, 0.717) is 42.8 Å². The van der Waals surface area contributed by atoms with Crippen LogP contribution >= 0.6 is 11.6 Å². The zero-order valence-corrected chi connectivity index (χ0v) is 15.8. The second-order valence-corrected chi connectivity index (χ2v) is 6.43. The number of nitrogens with zero attached hydrogens (tertiary/aromatic N) is 2. The lowest BCUT2D eigenvalue weighted by atomic mass is 10.1. The Kier molecular flexibility index (Phi) is 6.67. The Labute approximate surface area is 166 Å². The Morgan fingerprint density at radius 1 is 1.14 bits per heavy atom. The Hall–Kier alpha value is -2.84. The van der Waals surface area contributed by atoms with Gasteiger partial charge in [-0.3, -0.25) is 10.1 Å². The highest BCUT2D eigenvalue weighted by Gasteiger charge is 2.23. The third-order valence-corrected chi connectivity index (χ3v) is 4.41. The monoisotopic (exact) mass is 406 g/mol. The largest absolute Gasteiger partial charge is 0.490 e. The zero-order chi connectivity index (χ0) is 19.9. The van der Waals surface area contributed by atoms with E-state index in [1.54, 1.807) is 30.3 Å². The van der Waals surface area contributed by atoms with Crippen LogP contribution in [-0.2, 0) is 9.47 Å². The van der Waals surface area contributed by atoms with Gasteiger partial charge in [-0.25, -0.2) is 4.79 Å². The van der Waals surface area contributed by atoms with E-state index in [4.69, 9.17) is 25.8 Å². The maximum Gasteiger partial charge on any atom is 0.340 e. The summed E-state index contributed by atoms with van der Waals surface area (Å²) >= 11 is 5.81. The molecule has 2 aromatic rings. The van der Waals surface area contributed by atoms with Crippen molar-refractivity contribution in [2.45, 2.75) is 0 Å². The van der Waals surface area contributed by atoms with Crippen LogP contribution < -0.4 is 9.64 Å². The van der Waals surface area contributed by atoms with Crippen molar-refractivity contribution >= 4 is 28.9 Å². The van der Waals surface area contributed by atoms with Crippen molar-refractivity contribution < 1.29 is 23.9 Å². The third kappa shape index (κ3) is 5.11. The van der Waals surface area contributed by atoms with Crippen molar-refractivity contribution in [1.29, 1.82) is 0 Å². The van der Waals surface area contributed by atoms with E-state index in [0.717, 1.165) is 0 Å². The number of anilines is 1. The van der Waals surface area contributed by atoms with Crippen molar-refractivity contribution in [2.75, 3.05) is 44.4 Å². The van der Waals surface area contributed by atoms with Gasteiger partial charge in [0.25, 0.3) is 5.69 Å². The molecule has 0 N–H and O–H groups in total. The van der Waals surface area contributed by atoms with E-state index in [9.17, 15) is 14.9 Å². The first-order valence-corrected chi connectivity index (χ1v) is 9.09. The minimum absolute atomic E-state index is 0.00665. The van der Waals surface area contributed by atoms with E-state index in [1.807, 2.05) is 4.90 Å². The number of nitro benzene ring substituents is 1. The predicted molar refractivity (Wildman–Crippen MR) is 103 cm³/mol. The molecule has 3 rings (SSSR count). The van der Waals surface area contributed by atoms with Crippen molar-refractivity contribution in [3.05, 3.63) is 63.2 Å². The van der Waals surface area contributed by atoms with Gasteiger partial charge in [0, 0.05) is 30.2 Å². The molecular weight excluding hydrogens is 388 g/mol. The molecule has 8 nitrogen and oxygen atoms in total. The number of esters is 1. The summed E-state index contributed by atoms with van der Waals surface area (Å²) < 4.78 is 16.1. The van der Waals surface area contributed by atoms with Crippen LogP contribution in [0, 0.1) is 10.1 Å². The summed E-state index contributed by atoms with van der Waals surface area (Å²) in [4.78, 5) is 25.1. The Bertz CT molecular complexity index is 837. The Morgan fingerprint density at radius 3 is 2.54 bits per heavy atom. The smallest absolute Gasteiger partial charge is 0.340 e. The number of carbonyl (C=O) groups is 1. The summed E-state index contributed by atoms with van der Waals surface area (Å²) in [5.74, 6) is -0.0327. The number of non-ortho nitro benzene ring substituents is 1. The molecular formula is C19H19ClN2O6. The minimum atomic E-state index is -0.634. The van der Waals surface area contributed by atoms with Crippen molar-refractivity contribution in [2.24, 2.45) is 0 Å². The quantitative estimate of drug-likeness (QED) is 0.301. The molecule has 0 saturated carbocycles. The molecule has 0 radical (unpaired) electrons. The van der Waals surface area contributed by atoms with Crippen LogP contribution in [0.15, 0.2) is 42.5 Å². The molecule has 1 heterocycles. The summed E-state index contributed by atoms with van der Waals surface area (Å²) in [7, 11) is 0. The average molecular weight is 407 g/mol. The van der Waals surface area contributed by atoms with Gasteiger partial charge in [-0.05, 0) is 30.3 Å². The van der Waals surface area contributed by atoms with Gasteiger partial charge in [0.2, 0.25) is 0 Å². The molecule has 2 aromatic carbocycles. The van der Waals surface area contributed by atoms with E-state index < -0.39 is 10.9 Å². The summed E-state index contributed by atoms with van der Waals surface area (Å²) in [6, 6.07) is 11.0. The van der Waals surface area contributed by atoms with Crippen LogP contribution in [0.5, 0.6) is 5.75 Å². The topological polar surface area (TPSA) is 91.1 Å². The molecule has 0 bridgehead atoms. The number of hydrogen-bond acceptors (Lipinski definition) is 7. The maximum atomic E-state index is 12.6. The Morgan fingerprint density at radius 2 is 1.86 bits per heavy atom. The van der Waals surface area contributed by atoms with E-state index in [2.05, 4.69) is 0 Å². The number of carbonyl (C=O) groups excluding carboxylic acids is 1. The molecule has 148 valence electrons. The second kappa shape index (κ2) is 9.38. The molecule has 0 unspecified atom stereocenters. The first kappa shape index (κ1) is 19.9. The lowest BCUT2D eigenvalue weighted by molar-refractivity contribution is -0.384. The number of nitro groups is 1. The molecule has 0 amide bonds. The summed E-state index contributed by atoms with van der Waals surface area (Å²) in [6.45, 7) is 2.40. The molecule has 1 fully saturated rings. The van der Waals surface area contributed by atoms with Crippen LogP contribution in [0.25, 0.3) is 0 Å². The van der Waals surface area contributed by atoms with E-state index in [1.165, 1.54) is 12.1 Å². The lowest BCUT2D eigenvalue weighted by Gasteiger charge is -2.30. The third-order valence-electron chi connectivity index (χ3n) is 4.16. The molecule has 0 aliphatic carbocycles. The minimum Gasteiger partial charge on any atom is -0.490 e. The summed E-state index contributed by atoms with van der Waals surface area (Å²) in [5.41, 5.74) is 0.585. The number of halogens is 1. The molecule has 0 atom stereocenters. The first-order chi connectivity index (χ1) is 13.5.